The van der Waals surface area contributed by atoms with Crippen molar-refractivity contribution >= 4 is 22.6 Å². The quantitative estimate of drug-likeness (QED) is 0.734. The summed E-state index contributed by atoms with van der Waals surface area (Å²) in [5.74, 6) is 1.89. The topological polar surface area (TPSA) is 56.2 Å². The van der Waals surface area contributed by atoms with E-state index in [4.69, 9.17) is 10.7 Å². The molecule has 0 bridgehead atoms. The molecule has 4 rings (SSSR count). The molecule has 2 heterocycles. The van der Waals surface area contributed by atoms with E-state index in [0.717, 1.165) is 16.8 Å². The Bertz CT molecular complexity index is 857. The summed E-state index contributed by atoms with van der Waals surface area (Å²) in [6, 6.07) is 6.44. The Morgan fingerprint density at radius 3 is 2.50 bits per heavy atom. The molecular weight excluding hydrogens is 272 g/mol. The molecule has 0 unspecified atom stereocenters. The number of aromatic nitrogens is 3. The van der Waals surface area contributed by atoms with Crippen molar-refractivity contribution in [3.63, 3.8) is 0 Å². The van der Waals surface area contributed by atoms with E-state index in [2.05, 4.69) is 41.4 Å². The molecule has 4 nitrogen and oxygen atoms in total. The van der Waals surface area contributed by atoms with Crippen LogP contribution in [0.1, 0.15) is 54.8 Å². The Labute approximate surface area is 130 Å². The first kappa shape index (κ1) is 13.6. The highest BCUT2D eigenvalue weighted by Crippen LogP contribution is 2.35. The second-order valence-corrected chi connectivity index (χ2v) is 6.61. The van der Waals surface area contributed by atoms with Gasteiger partial charge < -0.3 is 5.73 Å². The number of nitrogens with zero attached hydrogens (tertiary/aromatic N) is 3. The average molecular weight is 294 g/mol. The van der Waals surface area contributed by atoms with E-state index in [-0.39, 0.29) is 0 Å². The zero-order chi connectivity index (χ0) is 15.3. The minimum Gasteiger partial charge on any atom is -0.384 e. The van der Waals surface area contributed by atoms with E-state index < -0.39 is 0 Å². The molecule has 1 aliphatic rings. The van der Waals surface area contributed by atoms with Gasteiger partial charge in [-0.1, -0.05) is 19.3 Å². The molecule has 114 valence electrons. The van der Waals surface area contributed by atoms with Crippen LogP contribution in [0.4, 0.5) is 5.82 Å². The van der Waals surface area contributed by atoms with Gasteiger partial charge in [0.2, 0.25) is 5.78 Å². The van der Waals surface area contributed by atoms with Gasteiger partial charge in [0.25, 0.3) is 0 Å². The Hall–Kier alpha value is -2.10. The number of aryl methyl sites for hydroxylation is 2. The van der Waals surface area contributed by atoms with Crippen LogP contribution in [0.3, 0.4) is 0 Å². The smallest absolute Gasteiger partial charge is 0.237 e. The number of nitrogen functional groups attached to an aromatic ring is 1. The lowest BCUT2D eigenvalue weighted by molar-refractivity contribution is 0.435. The largest absolute Gasteiger partial charge is 0.384 e. The summed E-state index contributed by atoms with van der Waals surface area (Å²) in [5.41, 5.74) is 12.1. The first-order valence-electron chi connectivity index (χ1n) is 8.19. The Morgan fingerprint density at radius 2 is 1.73 bits per heavy atom. The Morgan fingerprint density at radius 1 is 1.00 bits per heavy atom. The molecule has 0 radical (unpaired) electrons. The second kappa shape index (κ2) is 4.97. The van der Waals surface area contributed by atoms with Crippen LogP contribution in [0.5, 0.6) is 0 Å². The summed E-state index contributed by atoms with van der Waals surface area (Å²) >= 11 is 0. The summed E-state index contributed by atoms with van der Waals surface area (Å²) in [5, 5.41) is 0. The molecule has 1 aromatic carbocycles. The Balaban J connectivity index is 2.03. The maximum absolute atomic E-state index is 6.05. The van der Waals surface area contributed by atoms with Gasteiger partial charge in [-0.3, -0.25) is 4.40 Å². The molecule has 2 N–H and O–H groups in total. The van der Waals surface area contributed by atoms with Gasteiger partial charge in [-0.25, -0.2) is 4.98 Å². The van der Waals surface area contributed by atoms with Crippen molar-refractivity contribution in [2.24, 2.45) is 0 Å². The van der Waals surface area contributed by atoms with Crippen molar-refractivity contribution in [1.82, 2.24) is 14.4 Å². The van der Waals surface area contributed by atoms with Crippen LogP contribution < -0.4 is 5.73 Å². The van der Waals surface area contributed by atoms with Gasteiger partial charge in [-0.2, -0.15) is 4.98 Å². The van der Waals surface area contributed by atoms with Crippen molar-refractivity contribution in [2.75, 3.05) is 5.73 Å². The van der Waals surface area contributed by atoms with Crippen LogP contribution in [-0.2, 0) is 0 Å². The van der Waals surface area contributed by atoms with Crippen LogP contribution in [0.2, 0.25) is 0 Å². The molecule has 1 saturated carbocycles. The third-order valence-corrected chi connectivity index (χ3v) is 5.06. The van der Waals surface area contributed by atoms with Crippen LogP contribution in [0.25, 0.3) is 16.8 Å². The van der Waals surface area contributed by atoms with Crippen LogP contribution in [0.15, 0.2) is 18.2 Å². The number of hydrogen-bond acceptors (Lipinski definition) is 3. The number of nitrogens with two attached hydrogens (primary N) is 1. The van der Waals surface area contributed by atoms with Crippen molar-refractivity contribution in [3.8, 4) is 0 Å². The van der Waals surface area contributed by atoms with Gasteiger partial charge in [-0.05, 0) is 55.9 Å². The lowest BCUT2D eigenvalue weighted by atomic mass is 9.86. The Kier molecular flexibility index (Phi) is 3.06. The monoisotopic (exact) mass is 294 g/mol. The first-order valence-corrected chi connectivity index (χ1v) is 8.19. The highest BCUT2D eigenvalue weighted by molar-refractivity contribution is 5.82. The zero-order valence-corrected chi connectivity index (χ0v) is 13.3. The summed E-state index contributed by atoms with van der Waals surface area (Å²) in [6.07, 6.45) is 6.44. The van der Waals surface area contributed by atoms with E-state index in [9.17, 15) is 0 Å². The SMILES string of the molecule is Cc1cc2nc3nc(N)cc(C4CCCCC4)n3c2cc1C. The average Bonchev–Trinajstić information content (AvgIpc) is 2.85. The van der Waals surface area contributed by atoms with Gasteiger partial charge in [0, 0.05) is 11.8 Å². The predicted octanol–water partition coefficient (Wildman–Crippen LogP) is 4.13. The first-order chi connectivity index (χ1) is 10.6. The summed E-state index contributed by atoms with van der Waals surface area (Å²) < 4.78 is 2.23. The summed E-state index contributed by atoms with van der Waals surface area (Å²) in [6.45, 7) is 4.28. The molecule has 1 aliphatic carbocycles. The van der Waals surface area contributed by atoms with Crippen molar-refractivity contribution in [1.29, 1.82) is 0 Å². The molecule has 0 atom stereocenters. The number of imidazole rings is 1. The number of fused-ring (bicyclic) bond motifs is 3. The molecule has 0 saturated heterocycles. The van der Waals surface area contributed by atoms with Crippen LogP contribution >= 0.6 is 0 Å². The van der Waals surface area contributed by atoms with Gasteiger partial charge in [0.05, 0.1) is 11.0 Å². The van der Waals surface area contributed by atoms with E-state index in [1.807, 2.05) is 0 Å². The molecule has 3 aromatic rings. The highest BCUT2D eigenvalue weighted by atomic mass is 15.1. The fraction of sp³-hybridized carbons (Fsp3) is 0.444. The van der Waals surface area contributed by atoms with Crippen molar-refractivity contribution in [2.45, 2.75) is 51.9 Å². The third kappa shape index (κ3) is 2.05. The predicted molar refractivity (Wildman–Crippen MR) is 90.2 cm³/mol. The lowest BCUT2D eigenvalue weighted by Crippen LogP contribution is -2.11. The van der Waals surface area contributed by atoms with Gasteiger partial charge in [0.1, 0.15) is 5.82 Å². The van der Waals surface area contributed by atoms with E-state index >= 15 is 0 Å². The molecule has 22 heavy (non-hydrogen) atoms. The van der Waals surface area contributed by atoms with Crippen molar-refractivity contribution < 1.29 is 0 Å². The van der Waals surface area contributed by atoms with Crippen LogP contribution in [-0.4, -0.2) is 14.4 Å². The van der Waals surface area contributed by atoms with Crippen molar-refractivity contribution in [3.05, 3.63) is 35.0 Å². The maximum atomic E-state index is 6.05. The molecule has 1 fully saturated rings. The van der Waals surface area contributed by atoms with Gasteiger partial charge >= 0.3 is 0 Å². The zero-order valence-electron chi connectivity index (χ0n) is 13.3. The number of anilines is 1. The van der Waals surface area contributed by atoms with Gasteiger partial charge in [0.15, 0.2) is 0 Å². The number of hydrogen-bond donors (Lipinski definition) is 1. The number of rotatable bonds is 1. The minimum absolute atomic E-state index is 0.570. The standard InChI is InChI=1S/C18H22N4/c1-11-8-14-16(9-12(11)2)22-15(13-6-4-3-5-7-13)10-17(19)21-18(22)20-14/h8-10,13H,3-7H2,1-2H3,(H2,19,20,21). The molecule has 0 spiro atoms. The maximum Gasteiger partial charge on any atom is 0.237 e. The van der Waals surface area contributed by atoms with E-state index in [1.54, 1.807) is 0 Å². The lowest BCUT2D eigenvalue weighted by Gasteiger charge is -2.23. The summed E-state index contributed by atoms with van der Waals surface area (Å²) in [4.78, 5) is 9.16. The normalized spacial score (nSPS) is 16.6. The van der Waals surface area contributed by atoms with E-state index in [0.29, 0.717) is 11.7 Å². The molecule has 0 amide bonds. The van der Waals surface area contributed by atoms with E-state index in [1.165, 1.54) is 48.9 Å². The fourth-order valence-electron chi connectivity index (χ4n) is 3.71. The van der Waals surface area contributed by atoms with Crippen LogP contribution in [0, 0.1) is 13.8 Å². The molecule has 0 aliphatic heterocycles. The minimum atomic E-state index is 0.570. The van der Waals surface area contributed by atoms with Gasteiger partial charge in [-0.15, -0.1) is 0 Å². The second-order valence-electron chi connectivity index (χ2n) is 6.61. The highest BCUT2D eigenvalue weighted by Gasteiger charge is 2.21. The fourth-order valence-corrected chi connectivity index (χ4v) is 3.71. The molecular formula is C18H22N4. The third-order valence-electron chi connectivity index (χ3n) is 5.06. The number of benzene rings is 1. The molecule has 2 aromatic heterocycles. The summed E-state index contributed by atoms with van der Waals surface area (Å²) in [7, 11) is 0. The molecule has 4 heteroatoms.